The van der Waals surface area contributed by atoms with E-state index in [-0.39, 0.29) is 18.9 Å². The van der Waals surface area contributed by atoms with Crippen LogP contribution >= 0.6 is 23.2 Å². The highest BCUT2D eigenvalue weighted by molar-refractivity contribution is 6.43. The Morgan fingerprint density at radius 3 is 2.41 bits per heavy atom. The molecule has 2 heterocycles. The van der Waals surface area contributed by atoms with Crippen LogP contribution in [0.3, 0.4) is 0 Å². The molecule has 1 N–H and O–H groups in total. The van der Waals surface area contributed by atoms with E-state index in [9.17, 15) is 14.7 Å². The van der Waals surface area contributed by atoms with Crippen LogP contribution in [0, 0.1) is 0 Å². The maximum Gasteiger partial charge on any atom is 0.411 e. The molecule has 0 bridgehead atoms. The number of anilines is 1. The topological polar surface area (TPSA) is 73.3 Å². The van der Waals surface area contributed by atoms with Gasteiger partial charge in [0.15, 0.2) is 0 Å². The number of aliphatic hydroxyl groups is 1. The van der Waals surface area contributed by atoms with Gasteiger partial charge in [-0.05, 0) is 32.9 Å². The van der Waals surface area contributed by atoms with Crippen LogP contribution in [-0.4, -0.2) is 77.4 Å². The number of hydrogen-bond donors (Lipinski definition) is 1. The summed E-state index contributed by atoms with van der Waals surface area (Å²) in [4.78, 5) is 30.8. The van der Waals surface area contributed by atoms with Crippen LogP contribution in [0.25, 0.3) is 0 Å². The maximum absolute atomic E-state index is 13.1. The van der Waals surface area contributed by atoms with Gasteiger partial charge in [0.1, 0.15) is 11.6 Å². The fourth-order valence-corrected chi connectivity index (χ4v) is 4.10. The van der Waals surface area contributed by atoms with Crippen molar-refractivity contribution in [3.63, 3.8) is 0 Å². The summed E-state index contributed by atoms with van der Waals surface area (Å²) < 4.78 is 5.41. The Bertz CT molecular complexity index is 775. The quantitative estimate of drug-likeness (QED) is 0.760. The number of β-amino-alcohol motifs (C(OH)–C–C–N with tert-alkyl or cyclic N) is 1. The number of carbonyl (C=O) groups excluding carboxylic acids is 2. The summed E-state index contributed by atoms with van der Waals surface area (Å²) in [5, 5.41) is 11.1. The van der Waals surface area contributed by atoms with Gasteiger partial charge in [0.2, 0.25) is 5.91 Å². The molecule has 0 unspecified atom stereocenters. The summed E-state index contributed by atoms with van der Waals surface area (Å²) >= 11 is 12.4. The standard InChI is InChI=1S/C20H27Cl2N3O4/c1-20(2,3)29-19(28)25-12-13(26)11-16(25)18(27)24-9-7-23(8-10-24)15-6-4-5-14(21)17(15)22/h4-6,13,16,26H,7-12H2,1-3H3/t13-,16+/m1/s1. The predicted octanol–water partition coefficient (Wildman–Crippen LogP) is 3.01. The van der Waals surface area contributed by atoms with E-state index in [0.717, 1.165) is 5.69 Å². The van der Waals surface area contributed by atoms with E-state index in [1.807, 2.05) is 12.1 Å². The van der Waals surface area contributed by atoms with Crippen molar-refractivity contribution < 1.29 is 19.4 Å². The van der Waals surface area contributed by atoms with Gasteiger partial charge in [-0.2, -0.15) is 0 Å². The number of likely N-dealkylation sites (tertiary alicyclic amines) is 1. The van der Waals surface area contributed by atoms with Gasteiger partial charge in [0, 0.05) is 32.6 Å². The van der Waals surface area contributed by atoms with Gasteiger partial charge < -0.3 is 19.6 Å². The van der Waals surface area contributed by atoms with Gasteiger partial charge in [-0.15, -0.1) is 0 Å². The number of halogens is 2. The van der Waals surface area contributed by atoms with Gasteiger partial charge in [-0.25, -0.2) is 4.79 Å². The maximum atomic E-state index is 13.1. The fraction of sp³-hybridized carbons (Fsp3) is 0.600. The molecule has 1 aromatic carbocycles. The minimum absolute atomic E-state index is 0.101. The van der Waals surface area contributed by atoms with E-state index in [4.69, 9.17) is 27.9 Å². The molecular weight excluding hydrogens is 417 g/mol. The van der Waals surface area contributed by atoms with E-state index in [2.05, 4.69) is 4.90 Å². The molecule has 2 aliphatic heterocycles. The molecule has 2 amide bonds. The lowest BCUT2D eigenvalue weighted by Crippen LogP contribution is -2.55. The number of aliphatic hydroxyl groups excluding tert-OH is 1. The average molecular weight is 444 g/mol. The Hall–Kier alpha value is -1.70. The molecule has 0 aromatic heterocycles. The molecule has 160 valence electrons. The van der Waals surface area contributed by atoms with Crippen molar-refractivity contribution in [3.05, 3.63) is 28.2 Å². The molecule has 7 nitrogen and oxygen atoms in total. The summed E-state index contributed by atoms with van der Waals surface area (Å²) in [5.74, 6) is -0.163. The summed E-state index contributed by atoms with van der Waals surface area (Å²) in [6, 6.07) is 4.79. The Kier molecular flexibility index (Phi) is 6.51. The molecule has 1 aromatic rings. The number of nitrogens with zero attached hydrogens (tertiary/aromatic N) is 3. The highest BCUT2D eigenvalue weighted by Gasteiger charge is 2.43. The number of carbonyl (C=O) groups is 2. The summed E-state index contributed by atoms with van der Waals surface area (Å²) in [7, 11) is 0. The van der Waals surface area contributed by atoms with Crippen molar-refractivity contribution in [2.45, 2.75) is 44.9 Å². The zero-order valence-corrected chi connectivity index (χ0v) is 18.4. The van der Waals surface area contributed by atoms with E-state index >= 15 is 0 Å². The van der Waals surface area contributed by atoms with E-state index in [1.54, 1.807) is 31.7 Å². The number of hydrogen-bond acceptors (Lipinski definition) is 5. The second-order valence-corrected chi connectivity index (χ2v) is 9.21. The molecule has 2 fully saturated rings. The zero-order chi connectivity index (χ0) is 21.3. The highest BCUT2D eigenvalue weighted by Crippen LogP contribution is 2.33. The molecule has 2 saturated heterocycles. The van der Waals surface area contributed by atoms with Crippen LogP contribution in [0.15, 0.2) is 18.2 Å². The van der Waals surface area contributed by atoms with Crippen molar-refractivity contribution >= 4 is 40.9 Å². The highest BCUT2D eigenvalue weighted by atomic mass is 35.5. The molecular formula is C20H27Cl2N3O4. The number of amides is 2. The number of ether oxygens (including phenoxy) is 1. The third-order valence-electron chi connectivity index (χ3n) is 5.06. The minimum atomic E-state index is -0.733. The molecule has 2 aliphatic rings. The van der Waals surface area contributed by atoms with E-state index < -0.39 is 23.8 Å². The molecule has 0 saturated carbocycles. The van der Waals surface area contributed by atoms with Crippen LogP contribution in [0.1, 0.15) is 27.2 Å². The van der Waals surface area contributed by atoms with Gasteiger partial charge in [-0.3, -0.25) is 9.69 Å². The summed E-state index contributed by atoms with van der Waals surface area (Å²) in [5.41, 5.74) is 0.179. The lowest BCUT2D eigenvalue weighted by Gasteiger charge is -2.38. The first kappa shape index (κ1) is 22.0. The molecule has 0 aliphatic carbocycles. The zero-order valence-electron chi connectivity index (χ0n) is 16.9. The van der Waals surface area contributed by atoms with Crippen molar-refractivity contribution in [3.8, 4) is 0 Å². The first-order valence-corrected chi connectivity index (χ1v) is 10.5. The van der Waals surface area contributed by atoms with E-state index in [1.165, 1.54) is 4.90 Å². The number of piperazine rings is 1. The Morgan fingerprint density at radius 1 is 1.14 bits per heavy atom. The third-order valence-corrected chi connectivity index (χ3v) is 5.86. The molecule has 0 radical (unpaired) electrons. The summed E-state index contributed by atoms with van der Waals surface area (Å²) in [6.07, 6.45) is -1.09. The minimum Gasteiger partial charge on any atom is -0.444 e. The van der Waals surface area contributed by atoms with Crippen LogP contribution < -0.4 is 4.90 Å². The second kappa shape index (κ2) is 8.58. The molecule has 29 heavy (non-hydrogen) atoms. The fourth-order valence-electron chi connectivity index (χ4n) is 3.69. The molecule has 3 rings (SSSR count). The third kappa shape index (κ3) is 5.08. The Balaban J connectivity index is 1.65. The molecule has 0 spiro atoms. The Morgan fingerprint density at radius 2 is 1.79 bits per heavy atom. The van der Waals surface area contributed by atoms with E-state index in [0.29, 0.717) is 36.2 Å². The molecule has 9 heteroatoms. The predicted molar refractivity (Wildman–Crippen MR) is 113 cm³/mol. The lowest BCUT2D eigenvalue weighted by atomic mass is 10.1. The normalized spacial score (nSPS) is 22.8. The van der Waals surface area contributed by atoms with Crippen LogP contribution in [0.2, 0.25) is 10.0 Å². The smallest absolute Gasteiger partial charge is 0.411 e. The van der Waals surface area contributed by atoms with Gasteiger partial charge >= 0.3 is 6.09 Å². The number of rotatable bonds is 2. The molecule has 2 atom stereocenters. The lowest BCUT2D eigenvalue weighted by molar-refractivity contribution is -0.136. The van der Waals surface area contributed by atoms with Crippen molar-refractivity contribution in [2.75, 3.05) is 37.6 Å². The van der Waals surface area contributed by atoms with Gasteiger partial charge in [0.25, 0.3) is 0 Å². The Labute approximate surface area is 181 Å². The van der Waals surface area contributed by atoms with Crippen molar-refractivity contribution in [2.24, 2.45) is 0 Å². The second-order valence-electron chi connectivity index (χ2n) is 8.42. The first-order valence-electron chi connectivity index (χ1n) is 9.72. The van der Waals surface area contributed by atoms with Crippen molar-refractivity contribution in [1.82, 2.24) is 9.80 Å². The van der Waals surface area contributed by atoms with Gasteiger partial charge in [0.05, 0.1) is 28.4 Å². The average Bonchev–Trinajstić information content (AvgIpc) is 3.04. The van der Waals surface area contributed by atoms with Crippen LogP contribution in [0.5, 0.6) is 0 Å². The van der Waals surface area contributed by atoms with Crippen molar-refractivity contribution in [1.29, 1.82) is 0 Å². The first-order chi connectivity index (χ1) is 13.6. The largest absolute Gasteiger partial charge is 0.444 e. The SMILES string of the molecule is CC(C)(C)OC(=O)N1C[C@H](O)C[C@H]1C(=O)N1CCN(c2cccc(Cl)c2Cl)CC1. The van der Waals surface area contributed by atoms with Crippen LogP contribution in [-0.2, 0) is 9.53 Å². The van der Waals surface area contributed by atoms with Gasteiger partial charge in [-0.1, -0.05) is 29.3 Å². The number of benzene rings is 1. The monoisotopic (exact) mass is 443 g/mol. The summed E-state index contributed by atoms with van der Waals surface area (Å²) in [6.45, 7) is 7.62. The van der Waals surface area contributed by atoms with Crippen LogP contribution in [0.4, 0.5) is 10.5 Å².